The molecule has 0 aliphatic carbocycles. The number of carbonyl (C=O) groups is 2. The molecule has 0 spiro atoms. The summed E-state index contributed by atoms with van der Waals surface area (Å²) >= 11 is 1.33. The molecule has 0 saturated heterocycles. The van der Waals surface area contributed by atoms with Crippen LogP contribution in [0.15, 0.2) is 53.5 Å². The van der Waals surface area contributed by atoms with Crippen molar-refractivity contribution in [3.8, 4) is 0 Å². The fourth-order valence-corrected chi connectivity index (χ4v) is 3.42. The largest absolute Gasteiger partial charge is 0.468 e. The molecule has 128 valence electrons. The molecular formula is C18H15FN2O3S. The van der Waals surface area contributed by atoms with Gasteiger partial charge in [0.25, 0.3) is 5.91 Å². The number of rotatable bonds is 4. The molecule has 0 saturated carbocycles. The van der Waals surface area contributed by atoms with Gasteiger partial charge >= 0.3 is 5.97 Å². The molecule has 0 atom stereocenters. The Bertz CT molecular complexity index is 989. The molecule has 2 aromatic carbocycles. The molecule has 1 heterocycles. The van der Waals surface area contributed by atoms with Gasteiger partial charge in [-0.2, -0.15) is 4.99 Å². The maximum Gasteiger partial charge on any atom is 0.325 e. The second-order valence-electron chi connectivity index (χ2n) is 5.32. The van der Waals surface area contributed by atoms with Crippen LogP contribution in [0, 0.1) is 5.82 Å². The van der Waals surface area contributed by atoms with Crippen LogP contribution in [0.2, 0.25) is 0 Å². The minimum Gasteiger partial charge on any atom is -0.468 e. The average Bonchev–Trinajstić information content (AvgIpc) is 2.94. The molecule has 0 fully saturated rings. The lowest BCUT2D eigenvalue weighted by molar-refractivity contribution is -0.141. The first-order valence-electron chi connectivity index (χ1n) is 7.54. The van der Waals surface area contributed by atoms with Gasteiger partial charge in [0.15, 0.2) is 4.80 Å². The highest BCUT2D eigenvalue weighted by molar-refractivity contribution is 7.16. The second-order valence-corrected chi connectivity index (χ2v) is 6.33. The summed E-state index contributed by atoms with van der Waals surface area (Å²) in [6.07, 6.45) is 0.0623. The summed E-state index contributed by atoms with van der Waals surface area (Å²) in [5, 5.41) is 0. The first kappa shape index (κ1) is 17.0. The third-order valence-corrected chi connectivity index (χ3v) is 4.65. The lowest BCUT2D eigenvalue weighted by Gasteiger charge is -2.03. The monoisotopic (exact) mass is 358 g/mol. The summed E-state index contributed by atoms with van der Waals surface area (Å²) in [7, 11) is 1.31. The molecule has 0 aliphatic rings. The number of benzene rings is 2. The van der Waals surface area contributed by atoms with Crippen molar-refractivity contribution in [2.45, 2.75) is 13.0 Å². The smallest absolute Gasteiger partial charge is 0.325 e. The van der Waals surface area contributed by atoms with Crippen LogP contribution in [0.1, 0.15) is 5.56 Å². The number of carbonyl (C=O) groups excluding carboxylic acids is 2. The van der Waals surface area contributed by atoms with Crippen molar-refractivity contribution in [3.63, 3.8) is 0 Å². The van der Waals surface area contributed by atoms with Crippen LogP contribution < -0.4 is 4.80 Å². The molecular weight excluding hydrogens is 343 g/mol. The Kier molecular flexibility index (Phi) is 5.04. The lowest BCUT2D eigenvalue weighted by atomic mass is 10.1. The Labute approximate surface area is 147 Å². The van der Waals surface area contributed by atoms with Gasteiger partial charge < -0.3 is 9.30 Å². The fraction of sp³-hybridized carbons (Fsp3) is 0.167. The van der Waals surface area contributed by atoms with Crippen molar-refractivity contribution >= 4 is 33.4 Å². The molecule has 1 aromatic heterocycles. The predicted molar refractivity (Wildman–Crippen MR) is 92.5 cm³/mol. The van der Waals surface area contributed by atoms with Gasteiger partial charge in [-0.15, -0.1) is 0 Å². The molecule has 25 heavy (non-hydrogen) atoms. The lowest BCUT2D eigenvalue weighted by Crippen LogP contribution is -2.22. The van der Waals surface area contributed by atoms with Gasteiger partial charge in [-0.05, 0) is 29.8 Å². The molecule has 3 rings (SSSR count). The van der Waals surface area contributed by atoms with Crippen LogP contribution in [-0.2, 0) is 27.3 Å². The minimum atomic E-state index is -0.420. The third kappa shape index (κ3) is 4.00. The number of amides is 1. The van der Waals surface area contributed by atoms with E-state index in [1.54, 1.807) is 16.7 Å². The summed E-state index contributed by atoms with van der Waals surface area (Å²) in [6, 6.07) is 13.2. The summed E-state index contributed by atoms with van der Waals surface area (Å²) in [4.78, 5) is 28.5. The van der Waals surface area contributed by atoms with Crippen molar-refractivity contribution in [3.05, 3.63) is 64.7 Å². The van der Waals surface area contributed by atoms with Crippen LogP contribution in [0.4, 0.5) is 4.39 Å². The van der Waals surface area contributed by atoms with Crippen molar-refractivity contribution in [2.24, 2.45) is 4.99 Å². The van der Waals surface area contributed by atoms with E-state index in [9.17, 15) is 14.0 Å². The Morgan fingerprint density at radius 2 is 1.88 bits per heavy atom. The molecule has 0 N–H and O–H groups in total. The molecule has 3 aromatic rings. The van der Waals surface area contributed by atoms with Crippen molar-refractivity contribution in [1.29, 1.82) is 0 Å². The number of methoxy groups -OCH3 is 1. The van der Waals surface area contributed by atoms with Crippen LogP contribution in [0.5, 0.6) is 0 Å². The number of fused-ring (bicyclic) bond motifs is 1. The molecule has 0 radical (unpaired) electrons. The molecule has 0 aliphatic heterocycles. The Morgan fingerprint density at radius 1 is 1.16 bits per heavy atom. The van der Waals surface area contributed by atoms with Gasteiger partial charge in [-0.25, -0.2) is 4.39 Å². The Morgan fingerprint density at radius 3 is 2.60 bits per heavy atom. The van der Waals surface area contributed by atoms with E-state index in [0.717, 1.165) is 10.2 Å². The zero-order chi connectivity index (χ0) is 17.8. The van der Waals surface area contributed by atoms with E-state index < -0.39 is 5.97 Å². The van der Waals surface area contributed by atoms with Crippen LogP contribution in [0.25, 0.3) is 10.2 Å². The standard InChI is InChI=1S/C18H15FN2O3S/c1-24-17(23)11-21-14-4-2-3-5-15(14)25-18(21)20-16(22)10-12-6-8-13(19)9-7-12/h2-9H,10-11H2,1H3. The SMILES string of the molecule is COC(=O)Cn1c(=NC(=O)Cc2ccc(F)cc2)sc2ccccc21. The first-order chi connectivity index (χ1) is 12.1. The van der Waals surface area contributed by atoms with Gasteiger partial charge in [-0.1, -0.05) is 35.6 Å². The molecule has 0 bridgehead atoms. The van der Waals surface area contributed by atoms with Crippen molar-refractivity contribution in [2.75, 3.05) is 7.11 Å². The summed E-state index contributed by atoms with van der Waals surface area (Å²) in [6.45, 7) is -0.0246. The van der Waals surface area contributed by atoms with E-state index >= 15 is 0 Å². The van der Waals surface area contributed by atoms with E-state index in [1.165, 1.54) is 30.6 Å². The fourth-order valence-electron chi connectivity index (χ4n) is 2.38. The topological polar surface area (TPSA) is 60.7 Å². The molecule has 0 unspecified atom stereocenters. The summed E-state index contributed by atoms with van der Waals surface area (Å²) in [5.41, 5.74) is 1.49. The van der Waals surface area contributed by atoms with Crippen LogP contribution >= 0.6 is 11.3 Å². The highest BCUT2D eigenvalue weighted by Crippen LogP contribution is 2.16. The second kappa shape index (κ2) is 7.40. The Balaban J connectivity index is 1.96. The van der Waals surface area contributed by atoms with Crippen LogP contribution in [-0.4, -0.2) is 23.6 Å². The quantitative estimate of drug-likeness (QED) is 0.674. The predicted octanol–water partition coefficient (Wildman–Crippen LogP) is 2.68. The summed E-state index contributed by atoms with van der Waals surface area (Å²) < 4.78 is 20.2. The van der Waals surface area contributed by atoms with E-state index in [0.29, 0.717) is 10.4 Å². The number of esters is 1. The molecule has 1 amide bonds. The van der Waals surface area contributed by atoms with Crippen molar-refractivity contribution < 1.29 is 18.7 Å². The first-order valence-corrected chi connectivity index (χ1v) is 8.35. The molecule has 5 nitrogen and oxygen atoms in total. The number of aromatic nitrogens is 1. The number of hydrogen-bond donors (Lipinski definition) is 0. The van der Waals surface area contributed by atoms with E-state index in [-0.39, 0.29) is 24.7 Å². The number of hydrogen-bond acceptors (Lipinski definition) is 4. The number of halogens is 1. The van der Waals surface area contributed by atoms with Gasteiger partial charge in [0.1, 0.15) is 12.4 Å². The number of ether oxygens (including phenoxy) is 1. The van der Waals surface area contributed by atoms with Gasteiger partial charge in [-0.3, -0.25) is 9.59 Å². The average molecular weight is 358 g/mol. The highest BCUT2D eigenvalue weighted by Gasteiger charge is 2.11. The maximum atomic E-state index is 12.9. The third-order valence-electron chi connectivity index (χ3n) is 3.59. The minimum absolute atomic E-state index is 0.0246. The highest BCUT2D eigenvalue weighted by atomic mass is 32.1. The zero-order valence-electron chi connectivity index (χ0n) is 13.4. The van der Waals surface area contributed by atoms with Gasteiger partial charge in [0.2, 0.25) is 0 Å². The van der Waals surface area contributed by atoms with Gasteiger partial charge in [0.05, 0.1) is 23.7 Å². The van der Waals surface area contributed by atoms with Crippen LogP contribution in [0.3, 0.4) is 0 Å². The van der Waals surface area contributed by atoms with Gasteiger partial charge in [0, 0.05) is 0 Å². The maximum absolute atomic E-state index is 12.9. The van der Waals surface area contributed by atoms with Crippen molar-refractivity contribution in [1.82, 2.24) is 4.57 Å². The number of nitrogens with zero attached hydrogens (tertiary/aromatic N) is 2. The number of thiazole rings is 1. The van der Waals surface area contributed by atoms with E-state index in [2.05, 4.69) is 4.99 Å². The molecule has 7 heteroatoms. The normalized spacial score (nSPS) is 11.7. The summed E-state index contributed by atoms with van der Waals surface area (Å²) in [5.74, 6) is -1.14. The van der Waals surface area contributed by atoms with E-state index in [1.807, 2.05) is 24.3 Å². The number of para-hydroxylation sites is 1. The zero-order valence-corrected chi connectivity index (χ0v) is 14.3. The van der Waals surface area contributed by atoms with E-state index in [4.69, 9.17) is 4.74 Å². The Hall–Kier alpha value is -2.80.